The van der Waals surface area contributed by atoms with Crippen molar-refractivity contribution in [3.05, 3.63) is 211 Å². The van der Waals surface area contributed by atoms with Gasteiger partial charge in [0.1, 0.15) is 5.58 Å². The Kier molecular flexibility index (Phi) is 13.2. The zero-order chi connectivity index (χ0) is 48.5. The van der Waals surface area contributed by atoms with Crippen LogP contribution in [0.3, 0.4) is 0 Å². The number of hydrogen-bond acceptors (Lipinski definition) is 3. The Hall–Kier alpha value is -6.17. The van der Waals surface area contributed by atoms with Gasteiger partial charge in [-0.05, 0) is 69.4 Å². The number of aromatic nitrogens is 2. The maximum absolute atomic E-state index is 8.44. The van der Waals surface area contributed by atoms with Crippen molar-refractivity contribution >= 4 is 39.6 Å². The van der Waals surface area contributed by atoms with Gasteiger partial charge in [-0.1, -0.05) is 141 Å². The second-order valence-electron chi connectivity index (χ2n) is 18.6. The largest absolute Gasteiger partial charge is 0 e. The molecule has 0 saturated carbocycles. The van der Waals surface area contributed by atoms with Crippen LogP contribution in [0.1, 0.15) is 60.3 Å². The molecule has 0 bridgehead atoms. The van der Waals surface area contributed by atoms with E-state index in [-0.39, 0.29) is 37.5 Å². The zero-order valence-electron chi connectivity index (χ0n) is 42.1. The predicted octanol–water partition coefficient (Wildman–Crippen LogP) is 16.8. The molecule has 10 rings (SSSR count). The van der Waals surface area contributed by atoms with Crippen LogP contribution in [0, 0.1) is 19.0 Å². The molecule has 0 aliphatic rings. The molecule has 3 heterocycles. The third-order valence-corrected chi connectivity index (χ3v) is 16.7. The summed E-state index contributed by atoms with van der Waals surface area (Å²) in [4.78, 5) is 9.36. The zero-order valence-corrected chi connectivity index (χ0v) is 43.6. The molecular weight excluding hydrogens is 1050 g/mol. The van der Waals surface area contributed by atoms with Gasteiger partial charge in [0.25, 0.3) is 0 Å². The quantitative estimate of drug-likeness (QED) is 0.107. The van der Waals surface area contributed by atoms with E-state index in [1.165, 1.54) is 27.3 Å². The van der Waals surface area contributed by atoms with E-state index >= 15 is 0 Å². The van der Waals surface area contributed by atoms with Crippen molar-refractivity contribution in [1.82, 2.24) is 9.97 Å². The van der Waals surface area contributed by atoms with Crippen LogP contribution in [-0.4, -0.2) is 23.2 Å². The molecule has 67 heavy (non-hydrogen) atoms. The molecule has 0 aliphatic carbocycles. The molecule has 0 fully saturated rings. The van der Waals surface area contributed by atoms with Crippen molar-refractivity contribution < 1.29 is 28.6 Å². The summed E-state index contributed by atoms with van der Waals surface area (Å²) >= 11 is -1.76. The van der Waals surface area contributed by atoms with E-state index in [0.29, 0.717) is 16.8 Å². The van der Waals surface area contributed by atoms with Crippen molar-refractivity contribution in [1.29, 1.82) is 0 Å². The summed E-state index contributed by atoms with van der Waals surface area (Å²) in [6.07, 6.45) is 3.48. The Labute approximate surface area is 417 Å². The molecule has 0 N–H and O–H groups in total. The van der Waals surface area contributed by atoms with Gasteiger partial charge in [-0.25, -0.2) is 0 Å². The Balaban J connectivity index is 0.000000199. The minimum atomic E-state index is -2.34. The number of para-hydroxylation sites is 1. The number of pyridine rings is 2. The first kappa shape index (κ1) is 43.4. The van der Waals surface area contributed by atoms with Crippen molar-refractivity contribution in [3.63, 3.8) is 0 Å². The van der Waals surface area contributed by atoms with Gasteiger partial charge < -0.3 is 9.40 Å². The van der Waals surface area contributed by atoms with Crippen LogP contribution >= 0.6 is 0 Å². The number of benzene rings is 7. The number of fused-ring (bicyclic) bond motifs is 3. The van der Waals surface area contributed by atoms with E-state index in [2.05, 4.69) is 164 Å². The smallest absolute Gasteiger partial charge is 0 e. The molecule has 0 amide bonds. The molecule has 0 unspecified atom stereocenters. The molecule has 0 atom stereocenters. The van der Waals surface area contributed by atoms with E-state index in [1.54, 1.807) is 0 Å². The van der Waals surface area contributed by atoms with Gasteiger partial charge in [0.05, 0.1) is 5.58 Å². The van der Waals surface area contributed by atoms with Crippen LogP contribution in [0.2, 0.25) is 17.3 Å². The first-order chi connectivity index (χ1) is 33.1. The minimum absolute atomic E-state index is 0. The summed E-state index contributed by atoms with van der Waals surface area (Å²) in [5, 5.41) is 2.01. The number of aryl methyl sites for hydroxylation is 1. The maximum atomic E-state index is 8.44. The Morgan fingerprint density at radius 1 is 0.552 bits per heavy atom. The van der Waals surface area contributed by atoms with Crippen molar-refractivity contribution in [2.45, 2.75) is 63.7 Å². The summed E-state index contributed by atoms with van der Waals surface area (Å²) in [7, 11) is 0. The van der Waals surface area contributed by atoms with E-state index in [1.807, 2.05) is 79.0 Å². The first-order valence-electron chi connectivity index (χ1n) is 24.3. The molecule has 335 valence electrons. The molecular formula is C62H56GeIrN2O-2. The summed E-state index contributed by atoms with van der Waals surface area (Å²) in [5.41, 5.74) is 16.0. The second kappa shape index (κ2) is 20.4. The topological polar surface area (TPSA) is 38.9 Å². The minimum Gasteiger partial charge on any atom is 0 e. The number of furan rings is 1. The monoisotopic (exact) mass is 1110 g/mol. The standard InChI is InChI=1S/C36H32NO.C26H24GeN.Ir/c1-22(2)30-18-26(25-12-7-6-8-13-25)19-31(23(3)4)35(30)32-20-33(37-21-24(32)5)29-16-11-15-28-27-14-9-10-17-34(27)38-36(28)29;1-27(2,3)25-16-13-22(14-17-25)24-15-18-26(28-19-24)23-11-9-21(10-12-23)20-7-5-4-6-8-20;/h6-15,17-23H,1-5H3;4-11,13-19H,1-3H3;/q2*-1;/i5D3;;. The normalized spacial score (nSPS) is 12.3. The van der Waals surface area contributed by atoms with E-state index < -0.39 is 20.1 Å². The molecule has 7 aromatic carbocycles. The molecule has 0 spiro atoms. The third-order valence-electron chi connectivity index (χ3n) is 12.4. The average Bonchev–Trinajstić information content (AvgIpc) is 3.75. The summed E-state index contributed by atoms with van der Waals surface area (Å²) in [5.74, 6) is 7.59. The van der Waals surface area contributed by atoms with Crippen LogP contribution in [0.5, 0.6) is 0 Å². The number of nitrogens with zero attached hydrogens (tertiary/aromatic N) is 2. The molecule has 0 aliphatic heterocycles. The van der Waals surface area contributed by atoms with Gasteiger partial charge in [-0.3, -0.25) is 0 Å². The average molecular weight is 1110 g/mol. The number of hydrogen-bond donors (Lipinski definition) is 0. The fourth-order valence-corrected chi connectivity index (χ4v) is 11.1. The number of rotatable bonds is 9. The van der Waals surface area contributed by atoms with Crippen molar-refractivity contribution in [2.24, 2.45) is 0 Å². The fourth-order valence-electron chi connectivity index (χ4n) is 8.67. The van der Waals surface area contributed by atoms with Gasteiger partial charge in [0.15, 0.2) is 0 Å². The molecule has 5 heteroatoms. The molecule has 0 saturated heterocycles. The van der Waals surface area contributed by atoms with Crippen LogP contribution in [0.25, 0.3) is 89.0 Å². The molecule has 3 aromatic heterocycles. The Morgan fingerprint density at radius 2 is 1.15 bits per heavy atom. The van der Waals surface area contributed by atoms with Crippen LogP contribution in [0.15, 0.2) is 187 Å². The summed E-state index contributed by atoms with van der Waals surface area (Å²) in [6, 6.07) is 65.1. The molecule has 3 nitrogen and oxygen atoms in total. The fraction of sp³-hybridized carbons (Fsp3) is 0.161. The Morgan fingerprint density at radius 3 is 1.75 bits per heavy atom. The van der Waals surface area contributed by atoms with Crippen LogP contribution in [-0.2, 0) is 20.1 Å². The van der Waals surface area contributed by atoms with E-state index in [4.69, 9.17) is 8.53 Å². The van der Waals surface area contributed by atoms with E-state index in [0.717, 1.165) is 66.6 Å². The third kappa shape index (κ3) is 10.2. The van der Waals surface area contributed by atoms with Gasteiger partial charge >= 0.3 is 135 Å². The van der Waals surface area contributed by atoms with Gasteiger partial charge in [0.2, 0.25) is 0 Å². The Bertz CT molecular complexity index is 3350. The van der Waals surface area contributed by atoms with E-state index in [9.17, 15) is 0 Å². The summed E-state index contributed by atoms with van der Waals surface area (Å²) in [6.45, 7) is 6.32. The van der Waals surface area contributed by atoms with Gasteiger partial charge in [-0.2, -0.15) is 0 Å². The predicted molar refractivity (Wildman–Crippen MR) is 282 cm³/mol. The van der Waals surface area contributed by atoms with Crippen LogP contribution < -0.4 is 4.40 Å². The van der Waals surface area contributed by atoms with Crippen LogP contribution in [0.4, 0.5) is 0 Å². The summed E-state index contributed by atoms with van der Waals surface area (Å²) < 4.78 is 33.1. The van der Waals surface area contributed by atoms with Gasteiger partial charge in [-0.15, -0.1) is 18.2 Å². The first-order valence-corrected chi connectivity index (χ1v) is 30.2. The van der Waals surface area contributed by atoms with Gasteiger partial charge in [0, 0.05) is 35.8 Å². The maximum Gasteiger partial charge on any atom is 0 e. The molecule has 10 aromatic rings. The van der Waals surface area contributed by atoms with Crippen molar-refractivity contribution in [2.75, 3.05) is 0 Å². The molecule has 1 radical (unpaired) electrons. The second-order valence-corrected chi connectivity index (χ2v) is 29.3. The van der Waals surface area contributed by atoms with Crippen molar-refractivity contribution in [3.8, 4) is 67.0 Å². The SMILES string of the molecule is [2H]C([2H])([2H])c1cnc(-c2[c-]ccc3c2oc2ccccc23)cc1-c1c(C(C)C)cc(-c2ccccc2)cc1C(C)C.[CH3][Ge]([CH3])([CH3])[c]1ccc(-c2ccc(-c3[c-]cc(-c4ccccc4)cc3)nc2)cc1.[Ir].